The molecule has 5 nitrogen and oxygen atoms in total. The average molecular weight is 314 g/mol. The van der Waals surface area contributed by atoms with Crippen molar-refractivity contribution in [2.75, 3.05) is 0 Å². The number of nitrogens with zero attached hydrogens (tertiary/aromatic N) is 4. The van der Waals surface area contributed by atoms with Gasteiger partial charge in [-0.1, -0.05) is 30.3 Å². The van der Waals surface area contributed by atoms with E-state index >= 15 is 0 Å². The molecule has 0 aliphatic carbocycles. The molecule has 2 aromatic heterocycles. The van der Waals surface area contributed by atoms with Crippen LogP contribution < -0.4 is 4.74 Å². The van der Waals surface area contributed by atoms with E-state index in [0.29, 0.717) is 11.6 Å². The molecule has 4 aromatic rings. The molecule has 0 aliphatic heterocycles. The summed E-state index contributed by atoms with van der Waals surface area (Å²) in [6.45, 7) is 0. The number of hydrogen-bond acceptors (Lipinski definition) is 4. The Morgan fingerprint density at radius 1 is 0.875 bits per heavy atom. The maximum Gasteiger partial charge on any atom is 0.230 e. The van der Waals surface area contributed by atoms with E-state index in [1.54, 1.807) is 17.1 Å². The summed E-state index contributed by atoms with van der Waals surface area (Å²) in [5, 5.41) is 4.21. The van der Waals surface area contributed by atoms with Crippen molar-refractivity contribution in [2.45, 2.75) is 0 Å². The van der Waals surface area contributed by atoms with E-state index in [2.05, 4.69) is 15.1 Å². The SMILES string of the molecule is c1ccc(-c2cncnc2Oc2ccc(-n3cccn3)cc2)cc1. The fraction of sp³-hybridized carbons (Fsp3) is 0. The Labute approximate surface area is 139 Å². The summed E-state index contributed by atoms with van der Waals surface area (Å²) in [6, 6.07) is 19.5. The van der Waals surface area contributed by atoms with Gasteiger partial charge in [0.15, 0.2) is 0 Å². The van der Waals surface area contributed by atoms with Gasteiger partial charge >= 0.3 is 0 Å². The lowest BCUT2D eigenvalue weighted by atomic mass is 10.1. The zero-order valence-electron chi connectivity index (χ0n) is 12.8. The Balaban J connectivity index is 1.62. The van der Waals surface area contributed by atoms with E-state index in [-0.39, 0.29) is 0 Å². The Morgan fingerprint density at radius 2 is 1.71 bits per heavy atom. The Hall–Kier alpha value is -3.47. The molecule has 116 valence electrons. The van der Waals surface area contributed by atoms with Crippen molar-refractivity contribution < 1.29 is 4.74 Å². The molecule has 0 aliphatic rings. The zero-order valence-corrected chi connectivity index (χ0v) is 12.8. The average Bonchev–Trinajstić information content (AvgIpc) is 3.18. The first-order valence-electron chi connectivity index (χ1n) is 7.53. The molecule has 4 rings (SSSR count). The van der Waals surface area contributed by atoms with Gasteiger partial charge in [0.25, 0.3) is 0 Å². The lowest BCUT2D eigenvalue weighted by molar-refractivity contribution is 0.463. The van der Waals surface area contributed by atoms with Crippen LogP contribution in [0.2, 0.25) is 0 Å². The molecule has 0 saturated heterocycles. The van der Waals surface area contributed by atoms with Gasteiger partial charge in [-0.15, -0.1) is 0 Å². The van der Waals surface area contributed by atoms with Crippen LogP contribution in [0.15, 0.2) is 85.6 Å². The molecule has 24 heavy (non-hydrogen) atoms. The van der Waals surface area contributed by atoms with Crippen molar-refractivity contribution in [2.24, 2.45) is 0 Å². The van der Waals surface area contributed by atoms with Gasteiger partial charge in [-0.05, 0) is 35.9 Å². The predicted octanol–water partition coefficient (Wildman–Crippen LogP) is 4.12. The van der Waals surface area contributed by atoms with Crippen molar-refractivity contribution >= 4 is 0 Å². The normalized spacial score (nSPS) is 10.5. The first kappa shape index (κ1) is 14.1. The second-order valence-corrected chi connectivity index (χ2v) is 5.15. The highest BCUT2D eigenvalue weighted by Gasteiger charge is 2.09. The summed E-state index contributed by atoms with van der Waals surface area (Å²) >= 11 is 0. The minimum absolute atomic E-state index is 0.531. The summed E-state index contributed by atoms with van der Waals surface area (Å²) in [5.41, 5.74) is 2.84. The van der Waals surface area contributed by atoms with Crippen LogP contribution in [0.5, 0.6) is 11.6 Å². The number of benzene rings is 2. The molecule has 0 spiro atoms. The third-order valence-corrected chi connectivity index (χ3v) is 3.58. The summed E-state index contributed by atoms with van der Waals surface area (Å²) in [7, 11) is 0. The van der Waals surface area contributed by atoms with E-state index in [1.165, 1.54) is 6.33 Å². The monoisotopic (exact) mass is 314 g/mol. The summed E-state index contributed by atoms with van der Waals surface area (Å²) in [5.74, 6) is 1.24. The van der Waals surface area contributed by atoms with E-state index < -0.39 is 0 Å². The van der Waals surface area contributed by atoms with Crippen LogP contribution in [0.25, 0.3) is 16.8 Å². The van der Waals surface area contributed by atoms with E-state index in [9.17, 15) is 0 Å². The highest BCUT2D eigenvalue weighted by Crippen LogP contribution is 2.30. The number of aromatic nitrogens is 4. The second-order valence-electron chi connectivity index (χ2n) is 5.15. The predicted molar refractivity (Wildman–Crippen MR) is 91.1 cm³/mol. The molecule has 0 unspecified atom stereocenters. The molecule has 0 bridgehead atoms. The minimum Gasteiger partial charge on any atom is -0.438 e. The fourth-order valence-electron chi connectivity index (χ4n) is 2.42. The number of ether oxygens (including phenoxy) is 1. The van der Waals surface area contributed by atoms with Gasteiger partial charge in [0.05, 0.1) is 11.3 Å². The third kappa shape index (κ3) is 2.87. The minimum atomic E-state index is 0.531. The molecule has 2 aromatic carbocycles. The van der Waals surface area contributed by atoms with Crippen molar-refractivity contribution in [1.82, 2.24) is 19.7 Å². The van der Waals surface area contributed by atoms with Gasteiger partial charge in [-0.25, -0.2) is 14.6 Å². The van der Waals surface area contributed by atoms with Gasteiger partial charge in [0.2, 0.25) is 5.88 Å². The molecule has 0 radical (unpaired) electrons. The van der Waals surface area contributed by atoms with Crippen LogP contribution in [0.1, 0.15) is 0 Å². The highest BCUT2D eigenvalue weighted by molar-refractivity contribution is 5.67. The molecule has 5 heteroatoms. The molecular formula is C19H14N4O. The third-order valence-electron chi connectivity index (χ3n) is 3.58. The quantitative estimate of drug-likeness (QED) is 0.568. The number of hydrogen-bond donors (Lipinski definition) is 0. The summed E-state index contributed by atoms with van der Waals surface area (Å²) in [4.78, 5) is 8.38. The lowest BCUT2D eigenvalue weighted by Crippen LogP contribution is -1.95. The maximum absolute atomic E-state index is 5.96. The van der Waals surface area contributed by atoms with Crippen LogP contribution in [-0.2, 0) is 0 Å². The molecule has 0 saturated carbocycles. The van der Waals surface area contributed by atoms with Gasteiger partial charge in [-0.3, -0.25) is 0 Å². The summed E-state index contributed by atoms with van der Waals surface area (Å²) in [6.07, 6.45) is 6.89. The first-order valence-corrected chi connectivity index (χ1v) is 7.53. The van der Waals surface area contributed by atoms with E-state index in [1.807, 2.05) is 66.9 Å². The van der Waals surface area contributed by atoms with Crippen LogP contribution >= 0.6 is 0 Å². The Bertz CT molecular complexity index is 919. The van der Waals surface area contributed by atoms with Gasteiger partial charge < -0.3 is 4.74 Å². The van der Waals surface area contributed by atoms with Crippen LogP contribution in [-0.4, -0.2) is 19.7 Å². The van der Waals surface area contributed by atoms with Crippen molar-refractivity contribution in [3.8, 4) is 28.4 Å². The van der Waals surface area contributed by atoms with Gasteiger partial charge in [0, 0.05) is 18.6 Å². The molecule has 2 heterocycles. The fourth-order valence-corrected chi connectivity index (χ4v) is 2.42. The Morgan fingerprint density at radius 3 is 2.46 bits per heavy atom. The molecule has 0 fully saturated rings. The lowest BCUT2D eigenvalue weighted by Gasteiger charge is -2.10. The van der Waals surface area contributed by atoms with Crippen molar-refractivity contribution in [1.29, 1.82) is 0 Å². The van der Waals surface area contributed by atoms with E-state index in [0.717, 1.165) is 16.8 Å². The molecule has 0 atom stereocenters. The zero-order chi connectivity index (χ0) is 16.2. The number of rotatable bonds is 4. The summed E-state index contributed by atoms with van der Waals surface area (Å²) < 4.78 is 7.75. The highest BCUT2D eigenvalue weighted by atomic mass is 16.5. The topological polar surface area (TPSA) is 52.8 Å². The van der Waals surface area contributed by atoms with Crippen LogP contribution in [0.4, 0.5) is 0 Å². The van der Waals surface area contributed by atoms with Crippen LogP contribution in [0.3, 0.4) is 0 Å². The Kier molecular flexibility index (Phi) is 3.73. The van der Waals surface area contributed by atoms with Gasteiger partial charge in [-0.2, -0.15) is 5.10 Å². The second kappa shape index (κ2) is 6.34. The maximum atomic E-state index is 5.96. The molecular weight excluding hydrogens is 300 g/mol. The first-order chi connectivity index (χ1) is 11.9. The molecule has 0 amide bonds. The van der Waals surface area contributed by atoms with Gasteiger partial charge in [0.1, 0.15) is 12.1 Å². The smallest absolute Gasteiger partial charge is 0.230 e. The van der Waals surface area contributed by atoms with Crippen molar-refractivity contribution in [3.63, 3.8) is 0 Å². The largest absolute Gasteiger partial charge is 0.438 e. The van der Waals surface area contributed by atoms with Crippen molar-refractivity contribution in [3.05, 3.63) is 85.6 Å². The van der Waals surface area contributed by atoms with E-state index in [4.69, 9.17) is 4.74 Å². The van der Waals surface area contributed by atoms with Crippen LogP contribution in [0, 0.1) is 0 Å². The molecule has 0 N–H and O–H groups in total. The standard InChI is InChI=1S/C19H14N4O/c1-2-5-15(6-3-1)18-13-20-14-21-19(18)24-17-9-7-16(8-10-17)23-12-4-11-22-23/h1-14H.